The molecular formula is C22H25FN4O. The Balaban J connectivity index is 1.50. The van der Waals surface area contributed by atoms with Gasteiger partial charge in [-0.1, -0.05) is 42.5 Å². The van der Waals surface area contributed by atoms with Gasteiger partial charge in [0.1, 0.15) is 11.5 Å². The Labute approximate surface area is 164 Å². The summed E-state index contributed by atoms with van der Waals surface area (Å²) in [5, 5.41) is 7.10. The van der Waals surface area contributed by atoms with Crippen LogP contribution in [0.3, 0.4) is 0 Å². The second-order valence-electron chi connectivity index (χ2n) is 6.84. The molecule has 1 heterocycles. The third-order valence-electron chi connectivity index (χ3n) is 4.63. The summed E-state index contributed by atoms with van der Waals surface area (Å²) in [4.78, 5) is 14.7. The molecule has 0 spiro atoms. The molecule has 146 valence electrons. The second-order valence-corrected chi connectivity index (χ2v) is 6.84. The zero-order chi connectivity index (χ0) is 19.9. The van der Waals surface area contributed by atoms with E-state index in [1.807, 2.05) is 18.2 Å². The summed E-state index contributed by atoms with van der Waals surface area (Å²) in [5.41, 5.74) is 2.68. The van der Waals surface area contributed by atoms with Crippen molar-refractivity contribution in [3.63, 3.8) is 0 Å². The van der Waals surface area contributed by atoms with Crippen molar-refractivity contribution in [2.24, 2.45) is 0 Å². The molecule has 0 aliphatic heterocycles. The van der Waals surface area contributed by atoms with E-state index < -0.39 is 0 Å². The van der Waals surface area contributed by atoms with E-state index >= 15 is 0 Å². The lowest BCUT2D eigenvalue weighted by Crippen LogP contribution is -2.28. The molecule has 0 aliphatic rings. The van der Waals surface area contributed by atoms with Crippen LogP contribution in [0.1, 0.15) is 28.0 Å². The van der Waals surface area contributed by atoms with Crippen molar-refractivity contribution in [2.45, 2.75) is 19.9 Å². The largest absolute Gasteiger partial charge is 0.352 e. The van der Waals surface area contributed by atoms with Crippen LogP contribution < -0.4 is 5.32 Å². The maximum absolute atomic E-state index is 14.0. The fourth-order valence-electron chi connectivity index (χ4n) is 3.12. The highest BCUT2D eigenvalue weighted by Crippen LogP contribution is 2.17. The van der Waals surface area contributed by atoms with Gasteiger partial charge in [-0.25, -0.2) is 9.07 Å². The SMILES string of the molecule is Cc1c(C(=O)NCCCN(C)Cc2ccccc2)cnn1-c1ccccc1F. The van der Waals surface area contributed by atoms with Gasteiger partial charge in [-0.15, -0.1) is 0 Å². The normalized spacial score (nSPS) is 11.0. The van der Waals surface area contributed by atoms with Gasteiger partial charge in [0.05, 0.1) is 17.5 Å². The van der Waals surface area contributed by atoms with Gasteiger partial charge in [0, 0.05) is 13.1 Å². The van der Waals surface area contributed by atoms with Crippen molar-refractivity contribution >= 4 is 5.91 Å². The molecule has 1 aromatic heterocycles. The van der Waals surface area contributed by atoms with Crippen molar-refractivity contribution in [3.8, 4) is 5.69 Å². The van der Waals surface area contributed by atoms with E-state index in [0.717, 1.165) is 19.5 Å². The van der Waals surface area contributed by atoms with E-state index in [0.29, 0.717) is 23.5 Å². The van der Waals surface area contributed by atoms with Crippen molar-refractivity contribution in [1.82, 2.24) is 20.0 Å². The summed E-state index contributed by atoms with van der Waals surface area (Å²) in [6, 6.07) is 16.7. The minimum Gasteiger partial charge on any atom is -0.352 e. The van der Waals surface area contributed by atoms with Crippen LogP contribution in [0.4, 0.5) is 4.39 Å². The topological polar surface area (TPSA) is 50.2 Å². The summed E-state index contributed by atoms with van der Waals surface area (Å²) in [7, 11) is 2.07. The molecule has 0 radical (unpaired) electrons. The zero-order valence-electron chi connectivity index (χ0n) is 16.2. The summed E-state index contributed by atoms with van der Waals surface area (Å²) < 4.78 is 15.4. The number of nitrogens with zero attached hydrogens (tertiary/aromatic N) is 3. The van der Waals surface area contributed by atoms with Crippen molar-refractivity contribution in [3.05, 3.63) is 83.4 Å². The van der Waals surface area contributed by atoms with Gasteiger partial charge in [-0.2, -0.15) is 5.10 Å². The number of aromatic nitrogens is 2. The fourth-order valence-corrected chi connectivity index (χ4v) is 3.12. The summed E-state index contributed by atoms with van der Waals surface area (Å²) in [6.45, 7) is 4.09. The average Bonchev–Trinajstić information content (AvgIpc) is 3.07. The van der Waals surface area contributed by atoms with Crippen molar-refractivity contribution in [2.75, 3.05) is 20.1 Å². The third kappa shape index (κ3) is 4.84. The molecule has 3 aromatic rings. The van der Waals surface area contributed by atoms with E-state index in [9.17, 15) is 9.18 Å². The molecule has 6 heteroatoms. The van der Waals surface area contributed by atoms with Crippen LogP contribution in [0.25, 0.3) is 5.69 Å². The minimum absolute atomic E-state index is 0.189. The summed E-state index contributed by atoms with van der Waals surface area (Å²) in [6.07, 6.45) is 2.33. The first kappa shape index (κ1) is 19.8. The van der Waals surface area contributed by atoms with Crippen LogP contribution >= 0.6 is 0 Å². The fraction of sp³-hybridized carbons (Fsp3) is 0.273. The number of hydrogen-bond donors (Lipinski definition) is 1. The van der Waals surface area contributed by atoms with Gasteiger partial charge in [-0.05, 0) is 44.6 Å². The van der Waals surface area contributed by atoms with Crippen LogP contribution in [-0.2, 0) is 6.54 Å². The molecule has 0 saturated heterocycles. The first-order chi connectivity index (χ1) is 13.6. The van der Waals surface area contributed by atoms with Crippen LogP contribution in [0.5, 0.6) is 0 Å². The number of halogens is 1. The molecule has 0 unspecified atom stereocenters. The number of carbonyl (C=O) groups is 1. The Morgan fingerprint density at radius 2 is 1.86 bits per heavy atom. The molecule has 3 rings (SSSR count). The molecular weight excluding hydrogens is 355 g/mol. The van der Waals surface area contributed by atoms with Gasteiger partial charge in [-0.3, -0.25) is 4.79 Å². The van der Waals surface area contributed by atoms with E-state index in [-0.39, 0.29) is 11.7 Å². The Hall–Kier alpha value is -2.99. The number of amides is 1. The molecule has 5 nitrogen and oxygen atoms in total. The first-order valence-electron chi connectivity index (χ1n) is 9.36. The number of carbonyl (C=O) groups excluding carboxylic acids is 1. The van der Waals surface area contributed by atoms with Gasteiger partial charge < -0.3 is 10.2 Å². The minimum atomic E-state index is -0.373. The maximum atomic E-state index is 14.0. The highest BCUT2D eigenvalue weighted by molar-refractivity contribution is 5.95. The van der Waals surface area contributed by atoms with E-state index in [2.05, 4.69) is 34.5 Å². The third-order valence-corrected chi connectivity index (χ3v) is 4.63. The number of para-hydroxylation sites is 1. The molecule has 0 saturated carbocycles. The van der Waals surface area contributed by atoms with E-state index in [4.69, 9.17) is 0 Å². The Kier molecular flexibility index (Phi) is 6.55. The second kappa shape index (κ2) is 9.28. The average molecular weight is 380 g/mol. The monoisotopic (exact) mass is 380 g/mol. The highest BCUT2D eigenvalue weighted by atomic mass is 19.1. The van der Waals surface area contributed by atoms with Gasteiger partial charge >= 0.3 is 0 Å². The van der Waals surface area contributed by atoms with Crippen molar-refractivity contribution in [1.29, 1.82) is 0 Å². The van der Waals surface area contributed by atoms with Crippen LogP contribution in [0.2, 0.25) is 0 Å². The van der Waals surface area contributed by atoms with Gasteiger partial charge in [0.2, 0.25) is 0 Å². The standard InChI is InChI=1S/C22H25FN4O/c1-17-19(15-25-27(17)21-12-7-6-11-20(21)23)22(28)24-13-8-14-26(2)16-18-9-4-3-5-10-18/h3-7,9-12,15H,8,13-14,16H2,1-2H3,(H,24,28). The van der Waals surface area contributed by atoms with Crippen LogP contribution in [0.15, 0.2) is 60.8 Å². The predicted octanol–water partition coefficient (Wildman–Crippen LogP) is 3.57. The molecule has 0 atom stereocenters. The van der Waals surface area contributed by atoms with Gasteiger partial charge in [0.15, 0.2) is 0 Å². The molecule has 0 fully saturated rings. The Morgan fingerprint density at radius 3 is 2.61 bits per heavy atom. The lowest BCUT2D eigenvalue weighted by molar-refractivity contribution is 0.0951. The Morgan fingerprint density at radius 1 is 1.14 bits per heavy atom. The van der Waals surface area contributed by atoms with Gasteiger partial charge in [0.25, 0.3) is 5.91 Å². The molecule has 0 bridgehead atoms. The summed E-state index contributed by atoms with van der Waals surface area (Å²) >= 11 is 0. The van der Waals surface area contributed by atoms with Crippen molar-refractivity contribution < 1.29 is 9.18 Å². The number of hydrogen-bond acceptors (Lipinski definition) is 3. The lowest BCUT2D eigenvalue weighted by atomic mass is 10.2. The van der Waals surface area contributed by atoms with Crippen LogP contribution in [0, 0.1) is 12.7 Å². The molecule has 0 aliphatic carbocycles. The Bertz CT molecular complexity index is 923. The zero-order valence-corrected chi connectivity index (χ0v) is 16.2. The maximum Gasteiger partial charge on any atom is 0.254 e. The quantitative estimate of drug-likeness (QED) is 0.608. The molecule has 1 amide bonds. The molecule has 1 N–H and O–H groups in total. The molecule has 2 aromatic carbocycles. The smallest absolute Gasteiger partial charge is 0.254 e. The molecule has 28 heavy (non-hydrogen) atoms. The number of nitrogens with one attached hydrogen (secondary N) is 1. The highest BCUT2D eigenvalue weighted by Gasteiger charge is 2.16. The first-order valence-corrected chi connectivity index (χ1v) is 9.36. The lowest BCUT2D eigenvalue weighted by Gasteiger charge is -2.16. The number of rotatable bonds is 8. The van der Waals surface area contributed by atoms with Crippen LogP contribution in [-0.4, -0.2) is 40.7 Å². The predicted molar refractivity (Wildman–Crippen MR) is 108 cm³/mol. The summed E-state index contributed by atoms with van der Waals surface area (Å²) in [5.74, 6) is -0.562. The number of benzene rings is 2. The van der Waals surface area contributed by atoms with E-state index in [1.54, 1.807) is 25.1 Å². The van der Waals surface area contributed by atoms with E-state index in [1.165, 1.54) is 22.5 Å².